The monoisotopic (exact) mass is 269 g/mol. The van der Waals surface area contributed by atoms with Gasteiger partial charge in [-0.05, 0) is 7.05 Å². The molecular formula is C14H23NO4. The Morgan fingerprint density at radius 1 is 1.16 bits per heavy atom. The van der Waals surface area contributed by atoms with E-state index in [1.54, 1.807) is 0 Å². The number of hydrogen-bond donors (Lipinski definition) is 0. The molecule has 4 atom stereocenters. The van der Waals surface area contributed by atoms with Crippen molar-refractivity contribution in [2.45, 2.75) is 64.3 Å². The summed E-state index contributed by atoms with van der Waals surface area (Å²) in [4.78, 5) is 25.0. The van der Waals surface area contributed by atoms with Crippen LogP contribution in [0.2, 0.25) is 0 Å². The van der Waals surface area contributed by atoms with E-state index < -0.39 is 0 Å². The van der Waals surface area contributed by atoms with Crippen molar-refractivity contribution in [1.82, 2.24) is 4.90 Å². The number of esters is 2. The maximum Gasteiger partial charge on any atom is 0.308 e. The number of fused-ring (bicyclic) bond motifs is 2. The molecule has 2 aliphatic heterocycles. The maximum absolute atomic E-state index is 11.7. The number of ether oxygens (including phenoxy) is 2. The molecular weight excluding hydrogens is 246 g/mol. The van der Waals surface area contributed by atoms with Crippen LogP contribution in [-0.4, -0.2) is 48.2 Å². The minimum Gasteiger partial charge on any atom is -0.462 e. The van der Waals surface area contributed by atoms with Crippen LogP contribution < -0.4 is 0 Å². The van der Waals surface area contributed by atoms with Crippen molar-refractivity contribution in [1.29, 1.82) is 0 Å². The highest BCUT2D eigenvalue weighted by atomic mass is 16.6. The van der Waals surface area contributed by atoms with E-state index in [9.17, 15) is 9.59 Å². The van der Waals surface area contributed by atoms with E-state index in [0.717, 1.165) is 19.3 Å². The van der Waals surface area contributed by atoms with Gasteiger partial charge in [0.15, 0.2) is 0 Å². The summed E-state index contributed by atoms with van der Waals surface area (Å²) in [5.41, 5.74) is 0. The number of likely N-dealkylation sites (N-methyl/N-ethyl adjacent to an activating group) is 1. The maximum atomic E-state index is 11.7. The summed E-state index contributed by atoms with van der Waals surface area (Å²) in [5.74, 6) is -0.471. The highest BCUT2D eigenvalue weighted by molar-refractivity contribution is 5.71. The van der Waals surface area contributed by atoms with E-state index in [1.165, 1.54) is 6.92 Å². The predicted molar refractivity (Wildman–Crippen MR) is 69.5 cm³/mol. The van der Waals surface area contributed by atoms with E-state index in [2.05, 4.69) is 11.9 Å². The number of carbonyl (C=O) groups excluding carboxylic acids is 2. The Labute approximate surface area is 114 Å². The van der Waals surface area contributed by atoms with Crippen LogP contribution in [0.3, 0.4) is 0 Å². The Morgan fingerprint density at radius 3 is 2.42 bits per heavy atom. The van der Waals surface area contributed by atoms with Crippen molar-refractivity contribution < 1.29 is 19.1 Å². The van der Waals surface area contributed by atoms with Crippen LogP contribution in [0.25, 0.3) is 0 Å². The molecule has 0 aliphatic carbocycles. The average Bonchev–Trinajstić information content (AvgIpc) is 2.48. The molecule has 5 nitrogen and oxygen atoms in total. The van der Waals surface area contributed by atoms with Crippen LogP contribution in [0.15, 0.2) is 0 Å². The van der Waals surface area contributed by atoms with E-state index >= 15 is 0 Å². The normalized spacial score (nSPS) is 34.4. The third-order valence-corrected chi connectivity index (χ3v) is 4.14. The molecule has 2 bridgehead atoms. The summed E-state index contributed by atoms with van der Waals surface area (Å²) in [6.45, 7) is 5.12. The average molecular weight is 269 g/mol. The summed E-state index contributed by atoms with van der Waals surface area (Å²) in [7, 11) is 2.05. The lowest BCUT2D eigenvalue weighted by Gasteiger charge is -2.36. The molecule has 0 unspecified atom stereocenters. The quantitative estimate of drug-likeness (QED) is 0.724. The summed E-state index contributed by atoms with van der Waals surface area (Å²) in [5, 5.41) is 0. The lowest BCUT2D eigenvalue weighted by molar-refractivity contribution is -0.158. The minimum atomic E-state index is -0.235. The zero-order valence-corrected chi connectivity index (χ0v) is 12.1. The van der Waals surface area contributed by atoms with E-state index in [4.69, 9.17) is 9.47 Å². The number of rotatable bonds is 3. The highest BCUT2D eigenvalue weighted by Crippen LogP contribution is 2.37. The Bertz CT molecular complexity index is 368. The molecule has 2 aliphatic rings. The predicted octanol–water partition coefficient (Wildman–Crippen LogP) is 1.35. The largest absolute Gasteiger partial charge is 0.462 e. The van der Waals surface area contributed by atoms with Gasteiger partial charge < -0.3 is 9.47 Å². The second-order valence-electron chi connectivity index (χ2n) is 5.96. The van der Waals surface area contributed by atoms with Crippen molar-refractivity contribution in [3.63, 3.8) is 0 Å². The second kappa shape index (κ2) is 5.49. The Balaban J connectivity index is 1.97. The smallest absolute Gasteiger partial charge is 0.308 e. The zero-order chi connectivity index (χ0) is 14.2. The number of carbonyl (C=O) groups is 2. The topological polar surface area (TPSA) is 55.8 Å². The number of nitrogens with zero attached hydrogens (tertiary/aromatic N) is 1. The lowest BCUT2D eigenvalue weighted by atomic mass is 10.00. The Morgan fingerprint density at radius 2 is 1.84 bits per heavy atom. The third kappa shape index (κ3) is 3.08. The molecule has 5 heteroatoms. The van der Waals surface area contributed by atoms with Gasteiger partial charge >= 0.3 is 11.9 Å². The van der Waals surface area contributed by atoms with E-state index in [-0.39, 0.29) is 36.1 Å². The lowest BCUT2D eigenvalue weighted by Crippen LogP contribution is -2.46. The first kappa shape index (κ1) is 14.3. The van der Waals surface area contributed by atoms with Crippen molar-refractivity contribution in [2.75, 3.05) is 7.05 Å². The molecule has 0 spiro atoms. The first-order valence-corrected chi connectivity index (χ1v) is 6.98. The number of hydrogen-bond acceptors (Lipinski definition) is 5. The molecule has 0 radical (unpaired) electrons. The molecule has 2 fully saturated rings. The van der Waals surface area contributed by atoms with Gasteiger partial charge in [0.2, 0.25) is 0 Å². The Kier molecular flexibility index (Phi) is 4.13. The summed E-state index contributed by atoms with van der Waals surface area (Å²) in [6, 6.07) is 0.515. The first-order chi connectivity index (χ1) is 8.88. The van der Waals surface area contributed by atoms with Crippen LogP contribution in [0, 0.1) is 5.92 Å². The fourth-order valence-electron chi connectivity index (χ4n) is 3.11. The van der Waals surface area contributed by atoms with Gasteiger partial charge in [0.05, 0.1) is 12.0 Å². The summed E-state index contributed by atoms with van der Waals surface area (Å²) in [6.07, 6.45) is 2.33. The molecule has 108 valence electrons. The van der Waals surface area contributed by atoms with Crippen LogP contribution in [0.4, 0.5) is 0 Å². The molecule has 0 aromatic rings. The SMILES string of the molecule is CC(=O)O[C@@H]1C[C@H]2C[C@@H](OC(=O)C(C)C)C[C@@H]1N2C. The molecule has 2 saturated heterocycles. The molecule has 19 heavy (non-hydrogen) atoms. The van der Waals surface area contributed by atoms with E-state index in [0.29, 0.717) is 6.04 Å². The van der Waals surface area contributed by atoms with Gasteiger partial charge in [0.1, 0.15) is 12.2 Å². The molecule has 0 saturated carbocycles. The van der Waals surface area contributed by atoms with Crippen molar-refractivity contribution in [2.24, 2.45) is 5.92 Å². The molecule has 2 rings (SSSR count). The second-order valence-corrected chi connectivity index (χ2v) is 5.96. The van der Waals surface area contributed by atoms with Crippen molar-refractivity contribution in [3.8, 4) is 0 Å². The van der Waals surface area contributed by atoms with Gasteiger partial charge in [-0.1, -0.05) is 13.8 Å². The third-order valence-electron chi connectivity index (χ3n) is 4.14. The number of piperidine rings is 1. The van der Waals surface area contributed by atoms with Gasteiger partial charge in [-0.3, -0.25) is 14.5 Å². The van der Waals surface area contributed by atoms with Crippen LogP contribution in [0.5, 0.6) is 0 Å². The Hall–Kier alpha value is -1.10. The molecule has 0 N–H and O–H groups in total. The summed E-state index contributed by atoms with van der Waals surface area (Å²) >= 11 is 0. The molecule has 0 aromatic carbocycles. The van der Waals surface area contributed by atoms with Crippen LogP contribution in [0.1, 0.15) is 40.0 Å². The molecule has 0 aromatic heterocycles. The van der Waals surface area contributed by atoms with E-state index in [1.807, 2.05) is 13.8 Å². The van der Waals surface area contributed by atoms with Gasteiger partial charge in [-0.15, -0.1) is 0 Å². The van der Waals surface area contributed by atoms with Gasteiger partial charge in [0, 0.05) is 32.2 Å². The van der Waals surface area contributed by atoms with Crippen LogP contribution >= 0.6 is 0 Å². The van der Waals surface area contributed by atoms with Crippen LogP contribution in [-0.2, 0) is 19.1 Å². The van der Waals surface area contributed by atoms with Crippen molar-refractivity contribution in [3.05, 3.63) is 0 Å². The molecule has 2 heterocycles. The summed E-state index contributed by atoms with van der Waals surface area (Å²) < 4.78 is 10.9. The standard InChI is InChI=1S/C14H23NO4/c1-8(2)14(17)19-11-5-10-6-13(18-9(3)16)12(7-11)15(10)4/h8,10-13H,5-7H2,1-4H3/t10-,11-,12+,13-/m1/s1. The van der Waals surface area contributed by atoms with Gasteiger partial charge in [0.25, 0.3) is 0 Å². The fourth-order valence-corrected chi connectivity index (χ4v) is 3.11. The molecule has 0 amide bonds. The fraction of sp³-hybridized carbons (Fsp3) is 0.857. The zero-order valence-electron chi connectivity index (χ0n) is 12.1. The first-order valence-electron chi connectivity index (χ1n) is 6.98. The minimum absolute atomic E-state index is 0.0401. The highest BCUT2D eigenvalue weighted by Gasteiger charge is 2.47. The van der Waals surface area contributed by atoms with Gasteiger partial charge in [-0.2, -0.15) is 0 Å². The van der Waals surface area contributed by atoms with Crippen molar-refractivity contribution >= 4 is 11.9 Å². The van der Waals surface area contributed by atoms with Gasteiger partial charge in [-0.25, -0.2) is 0 Å².